The van der Waals surface area contributed by atoms with E-state index in [1.807, 2.05) is 0 Å². The third-order valence-electron chi connectivity index (χ3n) is 0.786. The second-order valence-electron chi connectivity index (χ2n) is 1.68. The van der Waals surface area contributed by atoms with E-state index >= 15 is 0 Å². The number of unbranched alkanes of at least 4 members (excludes halogenated alkanes) is 1. The molecule has 0 heterocycles. The van der Waals surface area contributed by atoms with Gasteiger partial charge in [0, 0.05) is 34.9 Å². The Kier molecular flexibility index (Phi) is 9.85. The topological polar surface area (TPSA) is 54.4 Å². The van der Waals surface area contributed by atoms with Crippen molar-refractivity contribution in [3.8, 4) is 0 Å². The van der Waals surface area contributed by atoms with Crippen LogP contribution in [0.1, 0.15) is 12.8 Å². The first-order valence-corrected chi connectivity index (χ1v) is 5.30. The van der Waals surface area contributed by atoms with Gasteiger partial charge in [-0.3, -0.25) is 4.55 Å². The van der Waals surface area contributed by atoms with Gasteiger partial charge >= 0.3 is 0 Å². The second kappa shape index (κ2) is 7.06. The smallest absolute Gasteiger partial charge is 0.264 e. The molecule has 0 saturated carbocycles. The van der Waals surface area contributed by atoms with Gasteiger partial charge in [-0.15, -0.1) is 0 Å². The number of halogens is 1. The van der Waals surface area contributed by atoms with Crippen LogP contribution in [0.3, 0.4) is 0 Å². The zero-order valence-electron chi connectivity index (χ0n) is 5.88. The van der Waals surface area contributed by atoms with Crippen LogP contribution < -0.4 is 0 Å². The summed E-state index contributed by atoms with van der Waals surface area (Å²) in [6, 6.07) is 0. The number of alkyl halides is 1. The first-order valence-electron chi connectivity index (χ1n) is 2.57. The first-order chi connectivity index (χ1) is 4.06. The Hall–Kier alpha value is 1.39. The summed E-state index contributed by atoms with van der Waals surface area (Å²) in [4.78, 5) is 0. The fourth-order valence-electron chi connectivity index (χ4n) is 0.379. The predicted octanol–water partition coefficient (Wildman–Crippen LogP) is 0.669. The molecule has 1 radical (unpaired) electrons. The molecule has 0 spiro atoms. The molecule has 0 aliphatic heterocycles. The Morgan fingerprint density at radius 1 is 1.30 bits per heavy atom. The van der Waals surface area contributed by atoms with E-state index in [9.17, 15) is 8.42 Å². The van der Waals surface area contributed by atoms with Gasteiger partial charge in [-0.2, -0.15) is 8.42 Å². The maximum absolute atomic E-state index is 10.0. The molecule has 0 aromatic heterocycles. The summed E-state index contributed by atoms with van der Waals surface area (Å²) in [6.07, 6.45) is 1.30. The van der Waals surface area contributed by atoms with E-state index in [1.54, 1.807) is 0 Å². The van der Waals surface area contributed by atoms with Gasteiger partial charge in [0.15, 0.2) is 0 Å². The standard InChI is InChI=1S/C4H9BrO3S.Na/c5-3-1-2-4-9(6,7)8;/h1-4H2,(H,6,7,8);. The molecule has 0 saturated heterocycles. The molecule has 0 bridgehead atoms. The maximum atomic E-state index is 10.0. The van der Waals surface area contributed by atoms with Gasteiger partial charge in [0.05, 0.1) is 5.75 Å². The zero-order chi connectivity index (χ0) is 7.33. The summed E-state index contributed by atoms with van der Waals surface area (Å²) in [7, 11) is -3.72. The van der Waals surface area contributed by atoms with Crippen molar-refractivity contribution in [1.82, 2.24) is 0 Å². The summed E-state index contributed by atoms with van der Waals surface area (Å²) in [5.74, 6) is -0.126. The summed E-state index contributed by atoms with van der Waals surface area (Å²) in [5, 5.41) is 0.780. The van der Waals surface area contributed by atoms with Crippen LogP contribution in [-0.4, -0.2) is 53.6 Å². The average Bonchev–Trinajstić information content (AvgIpc) is 1.63. The summed E-state index contributed by atoms with van der Waals surface area (Å²) >= 11 is 3.14. The van der Waals surface area contributed by atoms with Gasteiger partial charge in [0.25, 0.3) is 10.1 Å². The summed E-state index contributed by atoms with van der Waals surface area (Å²) < 4.78 is 28.3. The number of hydrogen-bond acceptors (Lipinski definition) is 2. The molecule has 0 aromatic rings. The Labute approximate surface area is 91.7 Å². The quantitative estimate of drug-likeness (QED) is 0.340. The minimum Gasteiger partial charge on any atom is -0.286 e. The molecule has 0 aliphatic carbocycles. The molecule has 0 unspecified atom stereocenters. The molecule has 57 valence electrons. The van der Waals surface area contributed by atoms with Gasteiger partial charge in [-0.05, 0) is 12.8 Å². The molecular formula is C4H9BrNaO3S. The van der Waals surface area contributed by atoms with E-state index in [0.29, 0.717) is 6.42 Å². The monoisotopic (exact) mass is 239 g/mol. The van der Waals surface area contributed by atoms with Crippen molar-refractivity contribution in [3.63, 3.8) is 0 Å². The molecule has 0 aliphatic rings. The van der Waals surface area contributed by atoms with Crippen molar-refractivity contribution in [2.75, 3.05) is 11.1 Å². The summed E-state index contributed by atoms with van der Waals surface area (Å²) in [6.45, 7) is 0. The van der Waals surface area contributed by atoms with E-state index < -0.39 is 10.1 Å². The van der Waals surface area contributed by atoms with Crippen LogP contribution in [0.15, 0.2) is 0 Å². The fraction of sp³-hybridized carbons (Fsp3) is 1.00. The van der Waals surface area contributed by atoms with E-state index in [0.717, 1.165) is 11.8 Å². The van der Waals surface area contributed by atoms with Gasteiger partial charge in [-0.1, -0.05) is 15.9 Å². The van der Waals surface area contributed by atoms with E-state index in [4.69, 9.17) is 4.55 Å². The number of rotatable bonds is 4. The largest absolute Gasteiger partial charge is 0.286 e. The molecule has 0 fully saturated rings. The Morgan fingerprint density at radius 2 is 1.80 bits per heavy atom. The molecule has 0 rings (SSSR count). The van der Waals surface area contributed by atoms with Crippen LogP contribution >= 0.6 is 15.9 Å². The van der Waals surface area contributed by atoms with Gasteiger partial charge in [0.2, 0.25) is 0 Å². The molecule has 3 nitrogen and oxygen atoms in total. The molecule has 0 amide bonds. The molecular weight excluding hydrogens is 231 g/mol. The normalized spacial score (nSPS) is 10.6. The van der Waals surface area contributed by atoms with Crippen LogP contribution in [0.5, 0.6) is 0 Å². The van der Waals surface area contributed by atoms with Crippen LogP contribution in [0.2, 0.25) is 0 Å². The SMILES string of the molecule is O=S(=O)(O)CCCCBr.[Na]. The Balaban J connectivity index is 0. The van der Waals surface area contributed by atoms with Crippen molar-refractivity contribution in [2.24, 2.45) is 0 Å². The van der Waals surface area contributed by atoms with Crippen molar-refractivity contribution in [1.29, 1.82) is 0 Å². The van der Waals surface area contributed by atoms with E-state index in [-0.39, 0.29) is 35.3 Å². The van der Waals surface area contributed by atoms with Crippen LogP contribution in [-0.2, 0) is 10.1 Å². The minimum atomic E-state index is -3.72. The molecule has 0 atom stereocenters. The van der Waals surface area contributed by atoms with Crippen molar-refractivity contribution >= 4 is 55.6 Å². The van der Waals surface area contributed by atoms with Gasteiger partial charge in [0.1, 0.15) is 0 Å². The van der Waals surface area contributed by atoms with Gasteiger partial charge in [-0.25, -0.2) is 0 Å². The van der Waals surface area contributed by atoms with Crippen LogP contribution in [0.25, 0.3) is 0 Å². The van der Waals surface area contributed by atoms with E-state index in [2.05, 4.69) is 15.9 Å². The maximum Gasteiger partial charge on any atom is 0.264 e. The third kappa shape index (κ3) is 12.1. The zero-order valence-corrected chi connectivity index (χ0v) is 10.3. The first kappa shape index (κ1) is 13.9. The number of hydrogen-bond donors (Lipinski definition) is 1. The molecule has 0 aromatic carbocycles. The van der Waals surface area contributed by atoms with Crippen molar-refractivity contribution in [3.05, 3.63) is 0 Å². The van der Waals surface area contributed by atoms with Crippen molar-refractivity contribution in [2.45, 2.75) is 12.8 Å². The van der Waals surface area contributed by atoms with Gasteiger partial charge < -0.3 is 0 Å². The minimum absolute atomic E-state index is 0. The molecule has 10 heavy (non-hydrogen) atoms. The average molecular weight is 240 g/mol. The molecule has 1 N–H and O–H groups in total. The summed E-state index contributed by atoms with van der Waals surface area (Å²) in [5.41, 5.74) is 0. The van der Waals surface area contributed by atoms with E-state index in [1.165, 1.54) is 0 Å². The Bertz CT molecular complexity index is 156. The van der Waals surface area contributed by atoms with Crippen LogP contribution in [0.4, 0.5) is 0 Å². The second-order valence-corrected chi connectivity index (χ2v) is 4.05. The molecule has 6 heteroatoms. The third-order valence-corrected chi connectivity index (χ3v) is 2.15. The predicted molar refractivity (Wildman–Crippen MR) is 45.2 cm³/mol. The van der Waals surface area contributed by atoms with Crippen molar-refractivity contribution < 1.29 is 13.0 Å². The van der Waals surface area contributed by atoms with Crippen LogP contribution in [0, 0.1) is 0 Å². The Morgan fingerprint density at radius 3 is 2.10 bits per heavy atom. The fourth-order valence-corrected chi connectivity index (χ4v) is 1.34.